The van der Waals surface area contributed by atoms with Crippen molar-refractivity contribution in [2.75, 3.05) is 16.5 Å². The van der Waals surface area contributed by atoms with E-state index in [0.717, 1.165) is 0 Å². The van der Waals surface area contributed by atoms with Crippen LogP contribution in [0.1, 0.15) is 5.69 Å². The number of alkyl halides is 5. The number of hydrogen-bond donors (Lipinski definition) is 0. The molecule has 1 aromatic heterocycles. The summed E-state index contributed by atoms with van der Waals surface area (Å²) < 4.78 is 66.0. The molecule has 0 aliphatic carbocycles. The van der Waals surface area contributed by atoms with Gasteiger partial charge in [-0.1, -0.05) is 36.4 Å². The van der Waals surface area contributed by atoms with Crippen LogP contribution in [0.25, 0.3) is 0 Å². The van der Waals surface area contributed by atoms with Crippen molar-refractivity contribution in [3.8, 4) is 0 Å². The van der Waals surface area contributed by atoms with Crippen molar-refractivity contribution in [2.45, 2.75) is 12.1 Å². The lowest BCUT2D eigenvalue weighted by Crippen LogP contribution is -2.34. The van der Waals surface area contributed by atoms with Crippen LogP contribution in [0.2, 0.25) is 0 Å². The fourth-order valence-electron chi connectivity index (χ4n) is 2.94. The largest absolute Gasteiger partial charge is 0.459 e. The maximum Gasteiger partial charge on any atom is 0.459 e. The summed E-state index contributed by atoms with van der Waals surface area (Å²) in [7, 11) is 0. The van der Waals surface area contributed by atoms with Crippen molar-refractivity contribution in [1.82, 2.24) is 9.97 Å². The van der Waals surface area contributed by atoms with Crippen LogP contribution < -0.4 is 9.80 Å². The van der Waals surface area contributed by atoms with Crippen LogP contribution in [-0.4, -0.2) is 22.8 Å². The van der Waals surface area contributed by atoms with E-state index in [2.05, 4.69) is 9.97 Å². The molecule has 3 aromatic rings. The number of nitrogens with zero attached hydrogens (tertiary/aromatic N) is 4. The summed E-state index contributed by atoms with van der Waals surface area (Å²) in [5.74, 6) is -4.95. The molecular weight excluding hydrogens is 379 g/mol. The van der Waals surface area contributed by atoms with Crippen LogP contribution in [0.15, 0.2) is 66.9 Å². The quantitative estimate of drug-likeness (QED) is 0.561. The second-order valence-electron chi connectivity index (χ2n) is 6.14. The molecule has 1 aliphatic rings. The normalized spacial score (nSPS) is 14.3. The SMILES string of the molecule is FC(F)(F)C(F)(F)c1cnc2c(n1)N(c1ccccc1)CN2c1ccccc1. The molecule has 0 bridgehead atoms. The monoisotopic (exact) mass is 392 g/mol. The molecule has 0 unspecified atom stereocenters. The van der Waals surface area contributed by atoms with Gasteiger partial charge in [-0.3, -0.25) is 0 Å². The highest BCUT2D eigenvalue weighted by Gasteiger charge is 2.60. The third-order valence-electron chi connectivity index (χ3n) is 4.34. The van der Waals surface area contributed by atoms with Gasteiger partial charge in [-0.15, -0.1) is 0 Å². The van der Waals surface area contributed by atoms with Gasteiger partial charge in [0.1, 0.15) is 12.4 Å². The van der Waals surface area contributed by atoms with E-state index in [9.17, 15) is 22.0 Å². The minimum absolute atomic E-state index is 0.0588. The molecule has 4 rings (SSSR count). The van der Waals surface area contributed by atoms with Gasteiger partial charge in [0.25, 0.3) is 0 Å². The summed E-state index contributed by atoms with van der Waals surface area (Å²) in [4.78, 5) is 10.8. The molecule has 2 aromatic carbocycles. The second-order valence-corrected chi connectivity index (χ2v) is 6.14. The van der Waals surface area contributed by atoms with Gasteiger partial charge in [0.15, 0.2) is 11.6 Å². The van der Waals surface area contributed by atoms with Crippen LogP contribution in [0.4, 0.5) is 45.0 Å². The fraction of sp³-hybridized carbons (Fsp3) is 0.158. The first kappa shape index (κ1) is 18.1. The average molecular weight is 392 g/mol. The van der Waals surface area contributed by atoms with Gasteiger partial charge in [0.2, 0.25) is 0 Å². The predicted molar refractivity (Wildman–Crippen MR) is 94.0 cm³/mol. The van der Waals surface area contributed by atoms with E-state index in [0.29, 0.717) is 17.6 Å². The Morgan fingerprint density at radius 3 is 1.71 bits per heavy atom. The molecular formula is C19H13F5N4. The third kappa shape index (κ3) is 2.92. The highest BCUT2D eigenvalue weighted by atomic mass is 19.4. The van der Waals surface area contributed by atoms with Crippen LogP contribution in [-0.2, 0) is 5.92 Å². The molecule has 9 heteroatoms. The number of para-hydroxylation sites is 2. The Labute approximate surface area is 156 Å². The first-order chi connectivity index (χ1) is 13.3. The molecule has 0 spiro atoms. The maximum absolute atomic E-state index is 13.8. The zero-order valence-corrected chi connectivity index (χ0v) is 14.2. The van der Waals surface area contributed by atoms with Crippen LogP contribution in [0.5, 0.6) is 0 Å². The first-order valence-corrected chi connectivity index (χ1v) is 8.26. The van der Waals surface area contributed by atoms with Gasteiger partial charge in [-0.2, -0.15) is 22.0 Å². The molecule has 0 N–H and O–H groups in total. The van der Waals surface area contributed by atoms with Crippen molar-refractivity contribution in [1.29, 1.82) is 0 Å². The fourth-order valence-corrected chi connectivity index (χ4v) is 2.94. The molecule has 144 valence electrons. The number of halogens is 5. The Kier molecular flexibility index (Phi) is 4.17. The lowest BCUT2D eigenvalue weighted by molar-refractivity contribution is -0.291. The zero-order valence-electron chi connectivity index (χ0n) is 14.2. The van der Waals surface area contributed by atoms with Gasteiger partial charge in [-0.05, 0) is 24.3 Å². The topological polar surface area (TPSA) is 32.3 Å². The minimum atomic E-state index is -5.76. The summed E-state index contributed by atoms with van der Waals surface area (Å²) in [6, 6.07) is 17.7. The number of fused-ring (bicyclic) bond motifs is 1. The van der Waals surface area contributed by atoms with E-state index < -0.39 is 17.8 Å². The van der Waals surface area contributed by atoms with Gasteiger partial charge >= 0.3 is 12.1 Å². The van der Waals surface area contributed by atoms with Crippen LogP contribution >= 0.6 is 0 Å². The summed E-state index contributed by atoms with van der Waals surface area (Å²) >= 11 is 0. The van der Waals surface area contributed by atoms with Gasteiger partial charge in [-0.25, -0.2) is 9.97 Å². The number of anilines is 4. The smallest absolute Gasteiger partial charge is 0.305 e. The number of benzene rings is 2. The van der Waals surface area contributed by atoms with E-state index in [1.807, 2.05) is 6.07 Å². The molecule has 0 fully saturated rings. The number of hydrogen-bond acceptors (Lipinski definition) is 4. The van der Waals surface area contributed by atoms with Gasteiger partial charge in [0.05, 0.1) is 6.20 Å². The minimum Gasteiger partial charge on any atom is -0.305 e. The molecule has 0 atom stereocenters. The lowest BCUT2D eigenvalue weighted by atomic mass is 10.2. The molecule has 0 saturated heterocycles. The van der Waals surface area contributed by atoms with Gasteiger partial charge in [0, 0.05) is 11.4 Å². The Morgan fingerprint density at radius 1 is 0.714 bits per heavy atom. The first-order valence-electron chi connectivity index (χ1n) is 8.26. The van der Waals surface area contributed by atoms with E-state index in [4.69, 9.17) is 0 Å². The number of aromatic nitrogens is 2. The molecule has 2 heterocycles. The molecule has 0 amide bonds. The standard InChI is InChI=1S/C19H13F5N4/c20-18(21,19(22,23)24)15-11-25-16-17(26-15)28(14-9-5-2-6-10-14)12-27(16)13-7-3-1-4-8-13/h1-11H,12H2. The Bertz CT molecular complexity index is 977. The van der Waals surface area contributed by atoms with Crippen molar-refractivity contribution >= 4 is 23.0 Å². The zero-order chi connectivity index (χ0) is 19.9. The molecule has 1 aliphatic heterocycles. The summed E-state index contributed by atoms with van der Waals surface area (Å²) in [5.41, 5.74) is -0.120. The number of rotatable bonds is 3. The summed E-state index contributed by atoms with van der Waals surface area (Å²) in [6.45, 7) is 0.171. The molecule has 0 radical (unpaired) electrons. The van der Waals surface area contributed by atoms with Crippen molar-refractivity contribution in [3.63, 3.8) is 0 Å². The van der Waals surface area contributed by atoms with Crippen LogP contribution in [0, 0.1) is 0 Å². The Hall–Kier alpha value is -3.23. The second kappa shape index (κ2) is 6.43. The van der Waals surface area contributed by atoms with Crippen molar-refractivity contribution in [2.24, 2.45) is 0 Å². The molecule has 28 heavy (non-hydrogen) atoms. The van der Waals surface area contributed by atoms with Gasteiger partial charge < -0.3 is 9.80 Å². The third-order valence-corrected chi connectivity index (χ3v) is 4.34. The van der Waals surface area contributed by atoms with Crippen molar-refractivity contribution in [3.05, 3.63) is 72.6 Å². The Morgan fingerprint density at radius 2 is 1.21 bits per heavy atom. The van der Waals surface area contributed by atoms with E-state index in [1.54, 1.807) is 64.4 Å². The average Bonchev–Trinajstić information content (AvgIpc) is 3.07. The Balaban J connectivity index is 1.85. The molecule has 0 saturated carbocycles. The van der Waals surface area contributed by atoms with E-state index in [1.165, 1.54) is 0 Å². The van der Waals surface area contributed by atoms with E-state index in [-0.39, 0.29) is 18.3 Å². The van der Waals surface area contributed by atoms with Crippen LogP contribution in [0.3, 0.4) is 0 Å². The summed E-state index contributed by atoms with van der Waals surface area (Å²) in [6.07, 6.45) is -5.28. The predicted octanol–water partition coefficient (Wildman–Crippen LogP) is 5.38. The van der Waals surface area contributed by atoms with E-state index >= 15 is 0 Å². The van der Waals surface area contributed by atoms with Crippen molar-refractivity contribution < 1.29 is 22.0 Å². The lowest BCUT2D eigenvalue weighted by Gasteiger charge is -2.21. The highest BCUT2D eigenvalue weighted by molar-refractivity contribution is 5.81. The molecule has 4 nitrogen and oxygen atoms in total. The summed E-state index contributed by atoms with van der Waals surface area (Å²) in [5, 5.41) is 0. The maximum atomic E-state index is 13.8. The highest BCUT2D eigenvalue weighted by Crippen LogP contribution is 2.46.